The molecule has 2 aromatic carbocycles. The Kier molecular flexibility index (Phi) is 5.77. The zero-order valence-electron chi connectivity index (χ0n) is 14.2. The molecule has 1 aromatic heterocycles. The summed E-state index contributed by atoms with van der Waals surface area (Å²) in [4.78, 5) is 4.47. The van der Waals surface area contributed by atoms with Gasteiger partial charge in [0.2, 0.25) is 0 Å². The summed E-state index contributed by atoms with van der Waals surface area (Å²) >= 11 is 0. The molecule has 4 heteroatoms. The standard InChI is InChI=1S/C21H22N2O2/c1-25-18-12-10-16(11-13-18)20(24)15-23-21(17-7-3-2-4-8-17)19-9-5-6-14-22-19/h2-14,20-21,23-24H,15H2,1H3. The molecule has 0 fully saturated rings. The lowest BCUT2D eigenvalue weighted by Crippen LogP contribution is -2.28. The van der Waals surface area contributed by atoms with Crippen molar-refractivity contribution in [3.8, 4) is 5.75 Å². The molecule has 0 radical (unpaired) electrons. The maximum absolute atomic E-state index is 10.5. The van der Waals surface area contributed by atoms with Gasteiger partial charge in [-0.3, -0.25) is 4.98 Å². The van der Waals surface area contributed by atoms with Crippen molar-refractivity contribution >= 4 is 0 Å². The first-order chi connectivity index (χ1) is 12.3. The molecule has 25 heavy (non-hydrogen) atoms. The van der Waals surface area contributed by atoms with E-state index in [9.17, 15) is 5.11 Å². The molecule has 4 nitrogen and oxygen atoms in total. The number of aliphatic hydroxyl groups is 1. The molecule has 3 rings (SSSR count). The van der Waals surface area contributed by atoms with E-state index in [2.05, 4.69) is 22.4 Å². The number of nitrogens with one attached hydrogen (secondary N) is 1. The zero-order chi connectivity index (χ0) is 17.5. The van der Waals surface area contributed by atoms with E-state index in [1.807, 2.05) is 60.7 Å². The third-order valence-electron chi connectivity index (χ3n) is 4.13. The molecule has 0 amide bonds. The SMILES string of the molecule is COc1ccc(C(O)CNC(c2ccccc2)c2ccccn2)cc1. The number of methoxy groups -OCH3 is 1. The summed E-state index contributed by atoms with van der Waals surface area (Å²) in [5.74, 6) is 0.777. The fourth-order valence-electron chi connectivity index (χ4n) is 2.76. The van der Waals surface area contributed by atoms with Crippen molar-refractivity contribution in [1.29, 1.82) is 0 Å². The maximum atomic E-state index is 10.5. The predicted molar refractivity (Wildman–Crippen MR) is 98.5 cm³/mol. The van der Waals surface area contributed by atoms with E-state index >= 15 is 0 Å². The summed E-state index contributed by atoms with van der Waals surface area (Å²) in [5.41, 5.74) is 2.89. The average Bonchev–Trinajstić information content (AvgIpc) is 2.70. The van der Waals surface area contributed by atoms with Gasteiger partial charge in [0.05, 0.1) is 24.9 Å². The molecule has 0 aliphatic heterocycles. The highest BCUT2D eigenvalue weighted by molar-refractivity contribution is 5.30. The molecule has 0 spiro atoms. The number of aromatic nitrogens is 1. The van der Waals surface area contributed by atoms with Crippen LogP contribution in [0.5, 0.6) is 5.75 Å². The highest BCUT2D eigenvalue weighted by atomic mass is 16.5. The van der Waals surface area contributed by atoms with Crippen LogP contribution in [-0.4, -0.2) is 23.7 Å². The van der Waals surface area contributed by atoms with Crippen molar-refractivity contribution < 1.29 is 9.84 Å². The van der Waals surface area contributed by atoms with E-state index < -0.39 is 6.10 Å². The molecule has 2 atom stereocenters. The fraction of sp³-hybridized carbons (Fsp3) is 0.190. The first kappa shape index (κ1) is 17.1. The number of benzene rings is 2. The van der Waals surface area contributed by atoms with E-state index in [-0.39, 0.29) is 6.04 Å². The van der Waals surface area contributed by atoms with Crippen molar-refractivity contribution in [3.63, 3.8) is 0 Å². The summed E-state index contributed by atoms with van der Waals surface area (Å²) in [6.45, 7) is 0.419. The highest BCUT2D eigenvalue weighted by Gasteiger charge is 2.17. The lowest BCUT2D eigenvalue weighted by molar-refractivity contribution is 0.171. The number of hydrogen-bond donors (Lipinski definition) is 2. The summed E-state index contributed by atoms with van der Waals surface area (Å²) in [5, 5.41) is 13.9. The van der Waals surface area contributed by atoms with Crippen LogP contribution in [0, 0.1) is 0 Å². The Balaban J connectivity index is 1.74. The number of rotatable bonds is 7. The van der Waals surface area contributed by atoms with Gasteiger partial charge in [-0.2, -0.15) is 0 Å². The molecule has 0 aliphatic rings. The van der Waals surface area contributed by atoms with Gasteiger partial charge in [0.25, 0.3) is 0 Å². The summed E-state index contributed by atoms with van der Waals surface area (Å²) in [6.07, 6.45) is 1.17. The number of hydrogen-bond acceptors (Lipinski definition) is 4. The van der Waals surface area contributed by atoms with Gasteiger partial charge in [0.15, 0.2) is 0 Å². The third kappa shape index (κ3) is 4.44. The van der Waals surface area contributed by atoms with Gasteiger partial charge in [0, 0.05) is 12.7 Å². The maximum Gasteiger partial charge on any atom is 0.118 e. The van der Waals surface area contributed by atoms with Crippen LogP contribution in [0.25, 0.3) is 0 Å². The van der Waals surface area contributed by atoms with Gasteiger partial charge in [0.1, 0.15) is 5.75 Å². The van der Waals surface area contributed by atoms with Gasteiger partial charge in [-0.25, -0.2) is 0 Å². The van der Waals surface area contributed by atoms with E-state index in [0.717, 1.165) is 22.6 Å². The minimum absolute atomic E-state index is 0.0738. The Hall–Kier alpha value is -2.69. The number of aliphatic hydroxyl groups excluding tert-OH is 1. The summed E-state index contributed by atoms with van der Waals surface area (Å²) in [6, 6.07) is 23.4. The number of ether oxygens (including phenoxy) is 1. The van der Waals surface area contributed by atoms with Crippen LogP contribution in [0.2, 0.25) is 0 Å². The third-order valence-corrected chi connectivity index (χ3v) is 4.13. The normalized spacial score (nSPS) is 13.2. The molecule has 0 saturated heterocycles. The van der Waals surface area contributed by atoms with Gasteiger partial charge in [-0.05, 0) is 35.4 Å². The molecule has 1 heterocycles. The van der Waals surface area contributed by atoms with Gasteiger partial charge in [-0.1, -0.05) is 48.5 Å². The van der Waals surface area contributed by atoms with Gasteiger partial charge < -0.3 is 15.2 Å². The molecule has 2 N–H and O–H groups in total. The van der Waals surface area contributed by atoms with Crippen LogP contribution in [0.15, 0.2) is 79.0 Å². The average molecular weight is 334 g/mol. The Labute approximate surface area is 148 Å². The van der Waals surface area contributed by atoms with E-state index in [1.54, 1.807) is 13.3 Å². The van der Waals surface area contributed by atoms with Crippen LogP contribution >= 0.6 is 0 Å². The molecule has 3 aromatic rings. The molecule has 128 valence electrons. The highest BCUT2D eigenvalue weighted by Crippen LogP contribution is 2.22. The molecule has 0 bridgehead atoms. The lowest BCUT2D eigenvalue weighted by atomic mass is 10.0. The molecule has 0 aliphatic carbocycles. The summed E-state index contributed by atoms with van der Waals surface area (Å²) < 4.78 is 5.16. The van der Waals surface area contributed by atoms with Crippen LogP contribution in [-0.2, 0) is 0 Å². The molecular weight excluding hydrogens is 312 g/mol. The minimum Gasteiger partial charge on any atom is -0.497 e. The predicted octanol–water partition coefficient (Wildman–Crippen LogP) is 3.50. The van der Waals surface area contributed by atoms with Gasteiger partial charge >= 0.3 is 0 Å². The van der Waals surface area contributed by atoms with Crippen LogP contribution in [0.3, 0.4) is 0 Å². The first-order valence-electron chi connectivity index (χ1n) is 8.29. The van der Waals surface area contributed by atoms with Crippen molar-refractivity contribution in [2.45, 2.75) is 12.1 Å². The molecular formula is C21H22N2O2. The van der Waals surface area contributed by atoms with Crippen molar-refractivity contribution in [1.82, 2.24) is 10.3 Å². The molecule has 0 saturated carbocycles. The Morgan fingerprint density at radius 1 is 0.920 bits per heavy atom. The van der Waals surface area contributed by atoms with Crippen LogP contribution in [0.1, 0.15) is 29.0 Å². The second-order valence-electron chi connectivity index (χ2n) is 5.80. The van der Waals surface area contributed by atoms with Crippen molar-refractivity contribution in [2.24, 2.45) is 0 Å². The minimum atomic E-state index is -0.610. The number of pyridine rings is 1. The van der Waals surface area contributed by atoms with E-state index in [1.165, 1.54) is 0 Å². The smallest absolute Gasteiger partial charge is 0.118 e. The lowest BCUT2D eigenvalue weighted by Gasteiger charge is -2.21. The van der Waals surface area contributed by atoms with Crippen molar-refractivity contribution in [3.05, 3.63) is 95.8 Å². The Bertz CT molecular complexity index is 721. The van der Waals surface area contributed by atoms with Crippen molar-refractivity contribution in [2.75, 3.05) is 13.7 Å². The second kappa shape index (κ2) is 8.42. The Morgan fingerprint density at radius 3 is 2.28 bits per heavy atom. The monoisotopic (exact) mass is 334 g/mol. The summed E-state index contributed by atoms with van der Waals surface area (Å²) in [7, 11) is 1.63. The fourth-order valence-corrected chi connectivity index (χ4v) is 2.76. The topological polar surface area (TPSA) is 54.4 Å². The Morgan fingerprint density at radius 2 is 1.64 bits per heavy atom. The zero-order valence-corrected chi connectivity index (χ0v) is 14.2. The van der Waals surface area contributed by atoms with E-state index in [0.29, 0.717) is 6.54 Å². The van der Waals surface area contributed by atoms with E-state index in [4.69, 9.17) is 4.74 Å². The quantitative estimate of drug-likeness (QED) is 0.694. The first-order valence-corrected chi connectivity index (χ1v) is 8.29. The van der Waals surface area contributed by atoms with Gasteiger partial charge in [-0.15, -0.1) is 0 Å². The number of nitrogens with zero attached hydrogens (tertiary/aromatic N) is 1. The van der Waals surface area contributed by atoms with Crippen LogP contribution in [0.4, 0.5) is 0 Å². The largest absolute Gasteiger partial charge is 0.497 e. The second-order valence-corrected chi connectivity index (χ2v) is 5.80. The van der Waals surface area contributed by atoms with Crippen LogP contribution < -0.4 is 10.1 Å². The molecule has 2 unspecified atom stereocenters.